The van der Waals surface area contributed by atoms with Crippen LogP contribution < -0.4 is 4.74 Å². The second-order valence-corrected chi connectivity index (χ2v) is 4.46. The quantitative estimate of drug-likeness (QED) is 0.771. The molecule has 0 saturated heterocycles. The molecule has 0 bridgehead atoms. The number of ether oxygens (including phenoxy) is 1. The highest BCUT2D eigenvalue weighted by Gasteiger charge is 2.06. The molecule has 2 aromatic rings. The summed E-state index contributed by atoms with van der Waals surface area (Å²) in [5.41, 5.74) is 2.87. The fraction of sp³-hybridized carbons (Fsp3) is 0.267. The molecule has 0 saturated carbocycles. The maximum Gasteiger partial charge on any atom is 0.121 e. The van der Waals surface area contributed by atoms with Gasteiger partial charge < -0.3 is 4.74 Å². The Morgan fingerprint density at radius 2 is 2.06 bits per heavy atom. The Balaban J connectivity index is 2.44. The number of benzene rings is 1. The van der Waals surface area contributed by atoms with Crippen molar-refractivity contribution in [3.05, 3.63) is 36.2 Å². The van der Waals surface area contributed by atoms with Crippen molar-refractivity contribution in [2.45, 2.75) is 20.0 Å². The Morgan fingerprint density at radius 1 is 1.28 bits per heavy atom. The fourth-order valence-corrected chi connectivity index (χ4v) is 1.76. The lowest BCUT2D eigenvalue weighted by Gasteiger charge is -2.11. The summed E-state index contributed by atoms with van der Waals surface area (Å²) in [5, 5.41) is 4.16. The molecule has 0 N–H and O–H groups in total. The van der Waals surface area contributed by atoms with Crippen LogP contribution in [0.2, 0.25) is 0 Å². The van der Waals surface area contributed by atoms with Crippen LogP contribution in [0.1, 0.15) is 19.4 Å². The predicted molar refractivity (Wildman–Crippen MR) is 72.3 cm³/mol. The maximum atomic E-state index is 5.70. The molecular weight excluding hydrogens is 224 g/mol. The average Bonchev–Trinajstić information content (AvgIpc) is 2.74. The summed E-state index contributed by atoms with van der Waals surface area (Å²) in [5.74, 6) is 3.44. The first-order chi connectivity index (χ1) is 8.58. The van der Waals surface area contributed by atoms with Crippen molar-refractivity contribution in [1.82, 2.24) is 9.78 Å². The number of nitrogens with zero attached hydrogens (tertiary/aromatic N) is 2. The summed E-state index contributed by atoms with van der Waals surface area (Å²) in [4.78, 5) is 0. The summed E-state index contributed by atoms with van der Waals surface area (Å²) >= 11 is 0. The van der Waals surface area contributed by atoms with Crippen molar-refractivity contribution in [3.8, 4) is 29.2 Å². The molecule has 0 aliphatic heterocycles. The van der Waals surface area contributed by atoms with E-state index in [0.717, 1.165) is 22.4 Å². The number of hydrogen-bond acceptors (Lipinski definition) is 2. The van der Waals surface area contributed by atoms with Gasteiger partial charge in [-0.05, 0) is 37.6 Å². The number of aryl methyl sites for hydroxylation is 1. The zero-order valence-electron chi connectivity index (χ0n) is 10.8. The van der Waals surface area contributed by atoms with E-state index >= 15 is 0 Å². The Kier molecular flexibility index (Phi) is 3.38. The summed E-state index contributed by atoms with van der Waals surface area (Å²) in [7, 11) is 1.89. The number of rotatable bonds is 3. The highest BCUT2D eigenvalue weighted by molar-refractivity contribution is 5.66. The van der Waals surface area contributed by atoms with Crippen LogP contribution >= 0.6 is 0 Å². The van der Waals surface area contributed by atoms with Crippen molar-refractivity contribution in [1.29, 1.82) is 0 Å². The lowest BCUT2D eigenvalue weighted by atomic mass is 10.1. The van der Waals surface area contributed by atoms with Crippen LogP contribution in [0.25, 0.3) is 11.1 Å². The van der Waals surface area contributed by atoms with Gasteiger partial charge in [-0.1, -0.05) is 5.92 Å². The molecule has 0 radical (unpaired) electrons. The zero-order chi connectivity index (χ0) is 13.1. The molecule has 1 aromatic carbocycles. The van der Waals surface area contributed by atoms with Crippen LogP contribution in [0.5, 0.6) is 5.75 Å². The highest BCUT2D eigenvalue weighted by Crippen LogP contribution is 2.26. The molecule has 18 heavy (non-hydrogen) atoms. The van der Waals surface area contributed by atoms with E-state index in [9.17, 15) is 0 Å². The molecule has 0 unspecified atom stereocenters. The van der Waals surface area contributed by atoms with Gasteiger partial charge in [-0.25, -0.2) is 0 Å². The second-order valence-electron chi connectivity index (χ2n) is 4.46. The van der Waals surface area contributed by atoms with E-state index in [2.05, 4.69) is 11.0 Å². The van der Waals surface area contributed by atoms with E-state index in [0.29, 0.717) is 0 Å². The molecule has 1 heterocycles. The first-order valence-corrected chi connectivity index (χ1v) is 5.86. The SMILES string of the molecule is C#Cc1cc(OC(C)C)cc(-c2cnn(C)c2)c1. The predicted octanol–water partition coefficient (Wildman–Crippen LogP) is 2.86. The fourth-order valence-electron chi connectivity index (χ4n) is 1.76. The van der Waals surface area contributed by atoms with E-state index in [1.165, 1.54) is 0 Å². The van der Waals surface area contributed by atoms with E-state index in [1.807, 2.05) is 51.5 Å². The Morgan fingerprint density at radius 3 is 2.61 bits per heavy atom. The Bertz CT molecular complexity index is 591. The van der Waals surface area contributed by atoms with Gasteiger partial charge in [0.15, 0.2) is 0 Å². The maximum absolute atomic E-state index is 5.70. The van der Waals surface area contributed by atoms with Crippen LogP contribution in [0.15, 0.2) is 30.6 Å². The minimum Gasteiger partial charge on any atom is -0.491 e. The number of hydrogen-bond donors (Lipinski definition) is 0. The minimum absolute atomic E-state index is 0.125. The molecule has 0 aliphatic carbocycles. The monoisotopic (exact) mass is 240 g/mol. The van der Waals surface area contributed by atoms with Crippen molar-refractivity contribution in [3.63, 3.8) is 0 Å². The lowest BCUT2D eigenvalue weighted by molar-refractivity contribution is 0.242. The summed E-state index contributed by atoms with van der Waals surface area (Å²) in [6.45, 7) is 3.98. The van der Waals surface area contributed by atoms with Gasteiger partial charge >= 0.3 is 0 Å². The molecule has 92 valence electrons. The molecule has 0 aliphatic rings. The normalized spacial score (nSPS) is 10.4. The molecule has 3 heteroatoms. The smallest absolute Gasteiger partial charge is 0.121 e. The third-order valence-electron chi connectivity index (χ3n) is 2.48. The van der Waals surface area contributed by atoms with Gasteiger partial charge in [0.1, 0.15) is 5.75 Å². The number of aromatic nitrogens is 2. The highest BCUT2D eigenvalue weighted by atomic mass is 16.5. The van der Waals surface area contributed by atoms with Crippen LogP contribution in [0.4, 0.5) is 0 Å². The zero-order valence-corrected chi connectivity index (χ0v) is 10.8. The standard InChI is InChI=1S/C15H16N2O/c1-5-12-6-13(14-9-16-17(4)10-14)8-15(7-12)18-11(2)3/h1,6-11H,2-4H3. The van der Waals surface area contributed by atoms with Crippen molar-refractivity contribution in [2.75, 3.05) is 0 Å². The molecule has 1 aromatic heterocycles. The third-order valence-corrected chi connectivity index (χ3v) is 2.48. The van der Waals surface area contributed by atoms with E-state index in [4.69, 9.17) is 11.2 Å². The van der Waals surface area contributed by atoms with Gasteiger partial charge in [0.25, 0.3) is 0 Å². The van der Waals surface area contributed by atoms with Gasteiger partial charge in [0.05, 0.1) is 12.3 Å². The number of terminal acetylenes is 1. The minimum atomic E-state index is 0.125. The molecule has 3 nitrogen and oxygen atoms in total. The topological polar surface area (TPSA) is 27.1 Å². The molecule has 0 fully saturated rings. The van der Waals surface area contributed by atoms with Crippen LogP contribution in [0, 0.1) is 12.3 Å². The summed E-state index contributed by atoms with van der Waals surface area (Å²) < 4.78 is 7.47. The average molecular weight is 240 g/mol. The van der Waals surface area contributed by atoms with Gasteiger partial charge in [-0.15, -0.1) is 6.42 Å². The van der Waals surface area contributed by atoms with Crippen molar-refractivity contribution in [2.24, 2.45) is 7.05 Å². The van der Waals surface area contributed by atoms with E-state index in [1.54, 1.807) is 4.68 Å². The Labute approximate surface area is 107 Å². The lowest BCUT2D eigenvalue weighted by Crippen LogP contribution is -2.05. The van der Waals surface area contributed by atoms with Crippen molar-refractivity contribution >= 4 is 0 Å². The van der Waals surface area contributed by atoms with E-state index in [-0.39, 0.29) is 6.10 Å². The molecular formula is C15H16N2O. The van der Waals surface area contributed by atoms with Gasteiger partial charge in [0, 0.05) is 24.4 Å². The molecule has 0 atom stereocenters. The van der Waals surface area contributed by atoms with Crippen LogP contribution in [0.3, 0.4) is 0 Å². The third kappa shape index (κ3) is 2.72. The summed E-state index contributed by atoms with van der Waals surface area (Å²) in [6, 6.07) is 5.82. The van der Waals surface area contributed by atoms with E-state index < -0.39 is 0 Å². The van der Waals surface area contributed by atoms with Crippen LogP contribution in [-0.4, -0.2) is 15.9 Å². The van der Waals surface area contributed by atoms with Gasteiger partial charge in [-0.2, -0.15) is 5.10 Å². The van der Waals surface area contributed by atoms with Gasteiger partial charge in [0.2, 0.25) is 0 Å². The first-order valence-electron chi connectivity index (χ1n) is 5.86. The van der Waals surface area contributed by atoms with Crippen molar-refractivity contribution < 1.29 is 4.74 Å². The molecule has 0 spiro atoms. The Hall–Kier alpha value is -2.21. The summed E-state index contributed by atoms with van der Waals surface area (Å²) in [6.07, 6.45) is 9.37. The molecule has 2 rings (SSSR count). The largest absolute Gasteiger partial charge is 0.491 e. The molecule has 0 amide bonds. The van der Waals surface area contributed by atoms with Crippen LogP contribution in [-0.2, 0) is 7.05 Å². The first kappa shape index (κ1) is 12.3. The van der Waals surface area contributed by atoms with Gasteiger partial charge in [-0.3, -0.25) is 4.68 Å². The second kappa shape index (κ2) is 4.97.